The van der Waals surface area contributed by atoms with Crippen LogP contribution in [0.4, 0.5) is 36.2 Å². The lowest BCUT2D eigenvalue weighted by Crippen LogP contribution is -2.14. The van der Waals surface area contributed by atoms with Crippen molar-refractivity contribution in [2.24, 2.45) is 14.1 Å². The summed E-state index contributed by atoms with van der Waals surface area (Å²) >= 11 is 3.07. The van der Waals surface area contributed by atoms with Crippen LogP contribution in [0.2, 0.25) is 0 Å². The van der Waals surface area contributed by atoms with Crippen molar-refractivity contribution in [1.82, 2.24) is 39.5 Å². The molecule has 0 unspecified atom stereocenters. The number of nitrogens with two attached hydrogens (primary N) is 1. The molecule has 0 radical (unpaired) electrons. The molecule has 0 aliphatic carbocycles. The van der Waals surface area contributed by atoms with Gasteiger partial charge in [-0.15, -0.1) is 23.5 Å². The predicted octanol–water partition coefficient (Wildman–Crippen LogP) is 7.10. The minimum absolute atomic E-state index is 0.0859. The highest BCUT2D eigenvalue weighted by atomic mass is 32.2. The second-order valence-electron chi connectivity index (χ2n) is 10.7. The Kier molecular flexibility index (Phi) is 11.1. The number of carbonyl (C=O) groups is 1. The van der Waals surface area contributed by atoms with Gasteiger partial charge in [0.15, 0.2) is 0 Å². The molecule has 0 fully saturated rings. The highest BCUT2D eigenvalue weighted by molar-refractivity contribution is 7.98. The highest BCUT2D eigenvalue weighted by Crippen LogP contribution is 2.33. The highest BCUT2D eigenvalue weighted by Gasteiger charge is 2.31. The molecule has 258 valence electrons. The van der Waals surface area contributed by atoms with E-state index in [1.54, 1.807) is 65.8 Å². The number of hydrogen-bond acceptors (Lipinski definition) is 11. The first kappa shape index (κ1) is 35.9. The molecule has 0 aliphatic rings. The summed E-state index contributed by atoms with van der Waals surface area (Å²) in [5.74, 6) is 0.652. The van der Waals surface area contributed by atoms with Gasteiger partial charge < -0.3 is 16.4 Å². The van der Waals surface area contributed by atoms with Gasteiger partial charge >= 0.3 is 6.18 Å². The lowest BCUT2D eigenvalue weighted by atomic mass is 10.1. The van der Waals surface area contributed by atoms with E-state index in [4.69, 9.17) is 5.73 Å². The monoisotopic (exact) mass is 719 g/mol. The maximum atomic E-state index is 13.0. The van der Waals surface area contributed by atoms with Gasteiger partial charge in [0.05, 0.1) is 50.5 Å². The Morgan fingerprint density at radius 1 is 0.820 bits per heavy atom. The largest absolute Gasteiger partial charge is 0.416 e. The molecule has 0 saturated heterocycles. The summed E-state index contributed by atoms with van der Waals surface area (Å²) in [4.78, 5) is 29.5. The number of nitrogens with zero attached hydrogens (tertiary/aromatic N) is 8. The summed E-state index contributed by atoms with van der Waals surface area (Å²) < 4.78 is 42.3. The van der Waals surface area contributed by atoms with E-state index in [0.717, 1.165) is 44.6 Å². The zero-order valence-corrected chi connectivity index (χ0v) is 29.2. The number of aryl methyl sites for hydroxylation is 3. The Hall–Kier alpha value is -5.42. The van der Waals surface area contributed by atoms with Gasteiger partial charge in [-0.2, -0.15) is 23.4 Å². The Bertz CT molecular complexity index is 2130. The van der Waals surface area contributed by atoms with Crippen molar-refractivity contribution in [3.8, 4) is 22.5 Å². The van der Waals surface area contributed by atoms with Crippen LogP contribution in [0.1, 0.15) is 21.5 Å². The minimum Gasteiger partial charge on any atom is -0.383 e. The predicted molar refractivity (Wildman–Crippen MR) is 190 cm³/mol. The lowest BCUT2D eigenvalue weighted by molar-refractivity contribution is -0.137. The number of anilines is 4. The maximum Gasteiger partial charge on any atom is 0.416 e. The van der Waals surface area contributed by atoms with Crippen LogP contribution in [-0.4, -0.2) is 57.9 Å². The molecule has 0 spiro atoms. The first-order valence-corrected chi connectivity index (χ1v) is 17.2. The number of carbonyl (C=O) groups excluding carboxylic acids is 1. The molecule has 17 heteroatoms. The molecule has 4 N–H and O–H groups in total. The third-order valence-electron chi connectivity index (χ3n) is 7.38. The van der Waals surface area contributed by atoms with Crippen LogP contribution in [0.25, 0.3) is 22.5 Å². The van der Waals surface area contributed by atoms with Gasteiger partial charge in [-0.1, -0.05) is 12.1 Å². The molecule has 1 amide bonds. The first-order valence-electron chi connectivity index (χ1n) is 14.8. The molecule has 4 aromatic heterocycles. The SMILES string of the molecule is CSc1cc(-c2cnn(C)c2N)ncn1.CSc1cc(-c2cnn(C)c2Nc2cc(NC(=O)c3cccc(C(F)(F)F)c3)ccc2C)ncn1. The molecule has 0 aliphatic heterocycles. The van der Waals surface area contributed by atoms with E-state index in [0.29, 0.717) is 28.7 Å². The van der Waals surface area contributed by atoms with Crippen molar-refractivity contribution < 1.29 is 18.0 Å². The number of alkyl halides is 3. The van der Waals surface area contributed by atoms with Crippen molar-refractivity contribution in [3.63, 3.8) is 0 Å². The van der Waals surface area contributed by atoms with Crippen LogP contribution in [0.5, 0.6) is 0 Å². The van der Waals surface area contributed by atoms with E-state index in [9.17, 15) is 18.0 Å². The molecule has 2 aromatic carbocycles. The summed E-state index contributed by atoms with van der Waals surface area (Å²) in [6.45, 7) is 1.90. The number of amides is 1. The van der Waals surface area contributed by atoms with Crippen molar-refractivity contribution in [2.45, 2.75) is 23.2 Å². The van der Waals surface area contributed by atoms with Gasteiger partial charge in [-0.3, -0.25) is 14.2 Å². The van der Waals surface area contributed by atoms with E-state index >= 15 is 0 Å². The Morgan fingerprint density at radius 3 is 2.04 bits per heavy atom. The van der Waals surface area contributed by atoms with Crippen molar-refractivity contribution in [3.05, 3.63) is 96.3 Å². The molecule has 0 bridgehead atoms. The van der Waals surface area contributed by atoms with Gasteiger partial charge in [0.1, 0.15) is 24.3 Å². The smallest absolute Gasteiger partial charge is 0.383 e. The minimum atomic E-state index is -4.53. The molecule has 6 aromatic rings. The maximum absolute atomic E-state index is 13.0. The normalized spacial score (nSPS) is 11.1. The topological polar surface area (TPSA) is 154 Å². The lowest BCUT2D eigenvalue weighted by Gasteiger charge is -2.14. The number of halogens is 3. The van der Waals surface area contributed by atoms with Crippen LogP contribution < -0.4 is 16.4 Å². The van der Waals surface area contributed by atoms with Gasteiger partial charge in [0.2, 0.25) is 0 Å². The average Bonchev–Trinajstić information content (AvgIpc) is 3.65. The number of benzene rings is 2. The Morgan fingerprint density at radius 2 is 1.44 bits per heavy atom. The van der Waals surface area contributed by atoms with Gasteiger partial charge in [0.25, 0.3) is 5.91 Å². The zero-order chi connectivity index (χ0) is 36.0. The fourth-order valence-corrected chi connectivity index (χ4v) is 5.38. The van der Waals surface area contributed by atoms with Crippen LogP contribution >= 0.6 is 23.5 Å². The standard InChI is InChI=1S/C24H21F3N6OS.C9H11N5S/c1-14-7-8-17(31-23(34)15-5-4-6-16(9-15)24(25,26)27)10-19(14)32-22-18(12-30-33(22)2)20-11-21(35-3)29-13-28-20;1-14-9(10)6(4-13-14)7-3-8(15-2)12-5-11-7/h4-13,32H,1-3H3,(H,31,34);3-5H,10H2,1-2H3. The molecular formula is C33H32F3N11OS2. The fraction of sp³-hybridized carbons (Fsp3) is 0.182. The molecule has 0 atom stereocenters. The molecular weight excluding hydrogens is 688 g/mol. The quantitative estimate of drug-likeness (QED) is 0.109. The zero-order valence-electron chi connectivity index (χ0n) is 27.5. The van der Waals surface area contributed by atoms with Crippen LogP contribution in [-0.2, 0) is 20.3 Å². The van der Waals surface area contributed by atoms with E-state index in [1.807, 2.05) is 31.6 Å². The number of rotatable bonds is 8. The summed E-state index contributed by atoms with van der Waals surface area (Å²) in [5.41, 5.74) is 10.0. The van der Waals surface area contributed by atoms with Gasteiger partial charge in [-0.25, -0.2) is 19.9 Å². The fourth-order valence-electron chi connectivity index (χ4n) is 4.62. The van der Waals surface area contributed by atoms with Crippen molar-refractivity contribution >= 4 is 52.4 Å². The number of hydrogen-bond donors (Lipinski definition) is 3. The van der Waals surface area contributed by atoms with Crippen LogP contribution in [0.15, 0.2) is 89.7 Å². The third kappa shape index (κ3) is 8.41. The first-order chi connectivity index (χ1) is 23.9. The Labute approximate surface area is 294 Å². The van der Waals surface area contributed by atoms with Crippen LogP contribution in [0, 0.1) is 6.92 Å². The van der Waals surface area contributed by atoms with E-state index in [-0.39, 0.29) is 5.56 Å². The summed E-state index contributed by atoms with van der Waals surface area (Å²) in [6, 6.07) is 13.3. The van der Waals surface area contributed by atoms with Crippen molar-refractivity contribution in [1.29, 1.82) is 0 Å². The second kappa shape index (κ2) is 15.4. The molecule has 0 saturated carbocycles. The van der Waals surface area contributed by atoms with Gasteiger partial charge in [-0.05, 0) is 67.5 Å². The third-order valence-corrected chi connectivity index (χ3v) is 8.66. The number of nitrogens with one attached hydrogen (secondary N) is 2. The summed E-state index contributed by atoms with van der Waals surface area (Å²) in [5, 5.41) is 16.2. The number of thioether (sulfide) groups is 2. The van der Waals surface area contributed by atoms with Gasteiger partial charge in [0, 0.05) is 31.0 Å². The second-order valence-corrected chi connectivity index (χ2v) is 12.3. The number of aromatic nitrogens is 8. The molecule has 6 rings (SSSR count). The number of nitrogen functional groups attached to an aromatic ring is 1. The Balaban J connectivity index is 0.000000269. The van der Waals surface area contributed by atoms with Crippen LogP contribution in [0.3, 0.4) is 0 Å². The molecule has 50 heavy (non-hydrogen) atoms. The molecule has 4 heterocycles. The van der Waals surface area contributed by atoms with Crippen molar-refractivity contribution in [2.75, 3.05) is 28.9 Å². The average molecular weight is 720 g/mol. The summed E-state index contributed by atoms with van der Waals surface area (Å²) in [7, 11) is 3.59. The van der Waals surface area contributed by atoms with E-state index in [1.165, 1.54) is 36.5 Å². The van der Waals surface area contributed by atoms with E-state index in [2.05, 4.69) is 40.8 Å². The van der Waals surface area contributed by atoms with E-state index < -0.39 is 17.6 Å². The molecule has 12 nitrogen and oxygen atoms in total. The summed E-state index contributed by atoms with van der Waals surface area (Å²) in [6.07, 6.45) is 5.81.